The van der Waals surface area contributed by atoms with Crippen molar-refractivity contribution in [3.05, 3.63) is 42.5 Å². The van der Waals surface area contributed by atoms with Crippen molar-refractivity contribution >= 4 is 9.84 Å². The van der Waals surface area contributed by atoms with Crippen LogP contribution in [0, 0.1) is 5.92 Å². The van der Waals surface area contributed by atoms with E-state index in [4.69, 9.17) is 0 Å². The molecule has 0 saturated heterocycles. The fourth-order valence-electron chi connectivity index (χ4n) is 1.59. The Morgan fingerprint density at radius 1 is 1.38 bits per heavy atom. The first kappa shape index (κ1) is 13.0. The highest BCUT2D eigenvalue weighted by molar-refractivity contribution is 7.91. The van der Waals surface area contributed by atoms with Gasteiger partial charge in [-0.3, -0.25) is 0 Å². The first-order valence-electron chi connectivity index (χ1n) is 5.38. The lowest BCUT2D eigenvalue weighted by Crippen LogP contribution is -2.05. The second-order valence-corrected chi connectivity index (χ2v) is 6.35. The summed E-state index contributed by atoms with van der Waals surface area (Å²) in [5.41, 5.74) is 1.07. The Hall–Kier alpha value is -1.09. The predicted octanol–water partition coefficient (Wildman–Crippen LogP) is 2.84. The van der Waals surface area contributed by atoms with Gasteiger partial charge in [-0.25, -0.2) is 8.42 Å². The van der Waals surface area contributed by atoms with Crippen molar-refractivity contribution in [2.45, 2.75) is 25.2 Å². The molecular weight excluding hydrogens is 220 g/mol. The van der Waals surface area contributed by atoms with E-state index < -0.39 is 9.84 Å². The first-order valence-corrected chi connectivity index (χ1v) is 7.03. The van der Waals surface area contributed by atoms with Gasteiger partial charge in [-0.05, 0) is 30.0 Å². The summed E-state index contributed by atoms with van der Waals surface area (Å²) in [6, 6.07) is 7.17. The molecule has 1 rings (SSSR count). The maximum Gasteiger partial charge on any atom is 0.181 e. The van der Waals surface area contributed by atoms with Crippen molar-refractivity contribution in [2.24, 2.45) is 5.92 Å². The molecule has 0 bridgehead atoms. The second kappa shape index (κ2) is 5.30. The van der Waals surface area contributed by atoms with E-state index in [-0.39, 0.29) is 5.75 Å². The molecule has 0 aliphatic carbocycles. The molecule has 3 heteroatoms. The zero-order chi connectivity index (χ0) is 12.2. The molecule has 0 saturated carbocycles. The minimum atomic E-state index is -3.19. The summed E-state index contributed by atoms with van der Waals surface area (Å²) in [5.74, 6) is 0.523. The molecule has 0 unspecified atom stereocenters. The third-order valence-corrected chi connectivity index (χ3v) is 3.89. The van der Waals surface area contributed by atoms with Crippen LogP contribution in [0.15, 0.2) is 41.8 Å². The molecule has 1 aromatic carbocycles. The largest absolute Gasteiger partial charge is 0.223 e. The monoisotopic (exact) mass is 238 g/mol. The molecule has 0 N–H and O–H groups in total. The molecular formula is C13H18O2S. The molecule has 16 heavy (non-hydrogen) atoms. The van der Waals surface area contributed by atoms with Crippen molar-refractivity contribution in [3.8, 4) is 0 Å². The summed E-state index contributed by atoms with van der Waals surface area (Å²) in [4.78, 5) is 0.394. The van der Waals surface area contributed by atoms with E-state index >= 15 is 0 Å². The van der Waals surface area contributed by atoms with E-state index in [1.807, 2.05) is 6.07 Å². The van der Waals surface area contributed by atoms with Crippen molar-refractivity contribution in [1.82, 2.24) is 0 Å². The Balaban J connectivity index is 3.03. The zero-order valence-corrected chi connectivity index (χ0v) is 10.6. The maximum absolute atomic E-state index is 11.8. The Labute approximate surface area is 97.9 Å². The van der Waals surface area contributed by atoms with Gasteiger partial charge in [-0.1, -0.05) is 32.1 Å². The lowest BCUT2D eigenvalue weighted by Gasteiger charge is -2.07. The number of hydrogen-bond acceptors (Lipinski definition) is 2. The molecule has 0 aromatic heterocycles. The molecule has 0 atom stereocenters. The lowest BCUT2D eigenvalue weighted by molar-refractivity contribution is 0.598. The van der Waals surface area contributed by atoms with Crippen LogP contribution in [-0.2, 0) is 16.3 Å². The second-order valence-electron chi connectivity index (χ2n) is 4.32. The normalized spacial score (nSPS) is 11.7. The minimum Gasteiger partial charge on any atom is -0.223 e. The Kier molecular flexibility index (Phi) is 4.30. The Bertz CT molecular complexity index is 459. The van der Waals surface area contributed by atoms with Gasteiger partial charge in [-0.15, -0.1) is 6.58 Å². The van der Waals surface area contributed by atoms with Crippen molar-refractivity contribution in [3.63, 3.8) is 0 Å². The van der Waals surface area contributed by atoms with Gasteiger partial charge in [0, 0.05) is 0 Å². The molecule has 0 aliphatic heterocycles. The molecule has 0 fully saturated rings. The number of benzene rings is 1. The van der Waals surface area contributed by atoms with Crippen LogP contribution in [0.4, 0.5) is 0 Å². The number of hydrogen-bond donors (Lipinski definition) is 0. The summed E-state index contributed by atoms with van der Waals surface area (Å²) >= 11 is 0. The van der Waals surface area contributed by atoms with Crippen LogP contribution in [-0.4, -0.2) is 14.2 Å². The van der Waals surface area contributed by atoms with Gasteiger partial charge < -0.3 is 0 Å². The number of rotatable bonds is 5. The molecule has 0 aliphatic rings. The van der Waals surface area contributed by atoms with Gasteiger partial charge in [0.2, 0.25) is 0 Å². The van der Waals surface area contributed by atoms with E-state index in [0.717, 1.165) is 12.0 Å². The van der Waals surface area contributed by atoms with E-state index in [1.54, 1.807) is 18.2 Å². The highest BCUT2D eigenvalue weighted by atomic mass is 32.2. The molecule has 2 nitrogen and oxygen atoms in total. The molecule has 0 radical (unpaired) electrons. The first-order chi connectivity index (χ1) is 7.45. The fraction of sp³-hybridized carbons (Fsp3) is 0.385. The van der Waals surface area contributed by atoms with Crippen LogP contribution in [0.5, 0.6) is 0 Å². The highest BCUT2D eigenvalue weighted by Gasteiger charge is 2.12. The smallest absolute Gasteiger partial charge is 0.181 e. The van der Waals surface area contributed by atoms with E-state index in [0.29, 0.717) is 10.8 Å². The third-order valence-electron chi connectivity index (χ3n) is 2.24. The molecule has 0 heterocycles. The summed E-state index contributed by atoms with van der Waals surface area (Å²) in [6.07, 6.45) is 2.32. The fourth-order valence-corrected chi connectivity index (χ4v) is 2.71. The van der Waals surface area contributed by atoms with Crippen LogP contribution in [0.1, 0.15) is 19.4 Å². The van der Waals surface area contributed by atoms with Crippen LogP contribution >= 0.6 is 0 Å². The van der Waals surface area contributed by atoms with Crippen molar-refractivity contribution < 1.29 is 8.42 Å². The van der Waals surface area contributed by atoms with Gasteiger partial charge >= 0.3 is 0 Å². The van der Waals surface area contributed by atoms with Gasteiger partial charge in [0.15, 0.2) is 9.84 Å². The van der Waals surface area contributed by atoms with Crippen LogP contribution in [0.3, 0.4) is 0 Å². The van der Waals surface area contributed by atoms with Gasteiger partial charge in [-0.2, -0.15) is 0 Å². The van der Waals surface area contributed by atoms with Gasteiger partial charge in [0.05, 0.1) is 10.6 Å². The maximum atomic E-state index is 11.8. The van der Waals surface area contributed by atoms with Crippen molar-refractivity contribution in [1.29, 1.82) is 0 Å². The van der Waals surface area contributed by atoms with Gasteiger partial charge in [0.25, 0.3) is 0 Å². The van der Waals surface area contributed by atoms with E-state index in [1.165, 1.54) is 6.08 Å². The predicted molar refractivity (Wildman–Crippen MR) is 67.2 cm³/mol. The average Bonchev–Trinajstić information content (AvgIpc) is 2.17. The standard InChI is InChI=1S/C13H18O2S/c1-4-8-16(14,15)13-7-5-6-12(10-13)9-11(2)3/h4-7,10-11H,1,8-9H2,2-3H3. The zero-order valence-electron chi connectivity index (χ0n) is 9.81. The van der Waals surface area contributed by atoms with Crippen LogP contribution in [0.2, 0.25) is 0 Å². The highest BCUT2D eigenvalue weighted by Crippen LogP contribution is 2.16. The average molecular weight is 238 g/mol. The minimum absolute atomic E-state index is 0.00185. The number of sulfone groups is 1. The lowest BCUT2D eigenvalue weighted by atomic mass is 10.0. The summed E-state index contributed by atoms with van der Waals surface area (Å²) in [5, 5.41) is 0. The topological polar surface area (TPSA) is 34.1 Å². The molecule has 1 aromatic rings. The summed E-state index contributed by atoms with van der Waals surface area (Å²) < 4.78 is 23.6. The molecule has 0 amide bonds. The van der Waals surface area contributed by atoms with Crippen LogP contribution < -0.4 is 0 Å². The van der Waals surface area contributed by atoms with Gasteiger partial charge in [0.1, 0.15) is 0 Å². The quantitative estimate of drug-likeness (QED) is 0.739. The SMILES string of the molecule is C=CCS(=O)(=O)c1cccc(CC(C)C)c1. The van der Waals surface area contributed by atoms with Crippen LogP contribution in [0.25, 0.3) is 0 Å². The van der Waals surface area contributed by atoms with Crippen molar-refractivity contribution in [2.75, 3.05) is 5.75 Å². The molecule has 88 valence electrons. The summed E-state index contributed by atoms with van der Waals surface area (Å²) in [7, 11) is -3.19. The molecule has 0 spiro atoms. The Morgan fingerprint density at radius 3 is 2.62 bits per heavy atom. The summed E-state index contributed by atoms with van der Waals surface area (Å²) in [6.45, 7) is 7.69. The van der Waals surface area contributed by atoms with E-state index in [2.05, 4.69) is 20.4 Å². The Morgan fingerprint density at radius 2 is 2.06 bits per heavy atom. The third kappa shape index (κ3) is 3.49. The van der Waals surface area contributed by atoms with E-state index in [9.17, 15) is 8.42 Å².